The van der Waals surface area contributed by atoms with Crippen LogP contribution in [0.4, 0.5) is 5.82 Å². The van der Waals surface area contributed by atoms with Crippen molar-refractivity contribution in [1.82, 2.24) is 10.1 Å². The standard InChI is InChI=1S/C13H20N4O3/c1-9-8-11(16-20-9)15-12(18)5-7-17-6-3-2-4-10(17)13(14)19/h8,10H,2-7H2,1H3,(H2,14,19)(H,15,16,18). The highest BCUT2D eigenvalue weighted by Crippen LogP contribution is 2.17. The lowest BCUT2D eigenvalue weighted by Gasteiger charge is -2.33. The van der Waals surface area contributed by atoms with Crippen molar-refractivity contribution in [2.24, 2.45) is 5.73 Å². The summed E-state index contributed by atoms with van der Waals surface area (Å²) < 4.78 is 4.87. The molecule has 0 spiro atoms. The number of piperidine rings is 1. The van der Waals surface area contributed by atoms with Gasteiger partial charge >= 0.3 is 0 Å². The van der Waals surface area contributed by atoms with Gasteiger partial charge in [0.05, 0.1) is 6.04 Å². The van der Waals surface area contributed by atoms with E-state index in [2.05, 4.69) is 10.5 Å². The minimum Gasteiger partial charge on any atom is -0.368 e. The number of amides is 2. The number of hydrogen-bond acceptors (Lipinski definition) is 5. The summed E-state index contributed by atoms with van der Waals surface area (Å²) in [5.41, 5.74) is 5.39. The molecule has 1 fully saturated rings. The van der Waals surface area contributed by atoms with Crippen LogP contribution in [0.5, 0.6) is 0 Å². The van der Waals surface area contributed by atoms with E-state index >= 15 is 0 Å². The topological polar surface area (TPSA) is 101 Å². The van der Waals surface area contributed by atoms with Crippen molar-refractivity contribution >= 4 is 17.6 Å². The van der Waals surface area contributed by atoms with E-state index in [1.54, 1.807) is 13.0 Å². The van der Waals surface area contributed by atoms with Gasteiger partial charge < -0.3 is 15.6 Å². The molecule has 2 rings (SSSR count). The van der Waals surface area contributed by atoms with Gasteiger partial charge in [0.2, 0.25) is 11.8 Å². The van der Waals surface area contributed by atoms with Crippen LogP contribution in [0.3, 0.4) is 0 Å². The zero-order valence-corrected chi connectivity index (χ0v) is 11.6. The van der Waals surface area contributed by atoms with Crippen molar-refractivity contribution in [3.05, 3.63) is 11.8 Å². The minimum atomic E-state index is -0.308. The van der Waals surface area contributed by atoms with Crippen molar-refractivity contribution in [2.75, 3.05) is 18.4 Å². The second-order valence-electron chi connectivity index (χ2n) is 5.07. The highest BCUT2D eigenvalue weighted by Gasteiger charge is 2.26. The Morgan fingerprint density at radius 2 is 2.35 bits per heavy atom. The average molecular weight is 280 g/mol. The van der Waals surface area contributed by atoms with E-state index in [-0.39, 0.29) is 17.9 Å². The van der Waals surface area contributed by atoms with Crippen molar-refractivity contribution in [3.8, 4) is 0 Å². The van der Waals surface area contributed by atoms with Crippen molar-refractivity contribution < 1.29 is 14.1 Å². The zero-order valence-electron chi connectivity index (χ0n) is 11.6. The molecule has 0 aromatic carbocycles. The number of nitrogens with zero attached hydrogens (tertiary/aromatic N) is 2. The SMILES string of the molecule is Cc1cc(NC(=O)CCN2CCCCC2C(N)=O)no1. The first-order valence-electron chi connectivity index (χ1n) is 6.83. The summed E-state index contributed by atoms with van der Waals surface area (Å²) in [5.74, 6) is 0.604. The first-order valence-corrected chi connectivity index (χ1v) is 6.83. The first-order chi connectivity index (χ1) is 9.56. The number of aromatic nitrogens is 1. The van der Waals surface area contributed by atoms with E-state index in [1.807, 2.05) is 4.90 Å². The number of nitrogens with two attached hydrogens (primary N) is 1. The number of carbonyl (C=O) groups excluding carboxylic acids is 2. The summed E-state index contributed by atoms with van der Waals surface area (Å²) >= 11 is 0. The van der Waals surface area contributed by atoms with Gasteiger partial charge in [-0.25, -0.2) is 0 Å². The molecule has 1 saturated heterocycles. The van der Waals surface area contributed by atoms with E-state index < -0.39 is 0 Å². The summed E-state index contributed by atoms with van der Waals surface area (Å²) in [6.07, 6.45) is 3.12. The molecule has 3 N–H and O–H groups in total. The largest absolute Gasteiger partial charge is 0.368 e. The van der Waals surface area contributed by atoms with Gasteiger partial charge in [0.15, 0.2) is 5.82 Å². The van der Waals surface area contributed by atoms with E-state index in [0.717, 1.165) is 25.8 Å². The average Bonchev–Trinajstić information content (AvgIpc) is 2.82. The van der Waals surface area contributed by atoms with Gasteiger partial charge in [-0.05, 0) is 26.3 Å². The highest BCUT2D eigenvalue weighted by atomic mass is 16.5. The van der Waals surface area contributed by atoms with Gasteiger partial charge in [0.1, 0.15) is 5.76 Å². The molecule has 2 heterocycles. The number of aryl methyl sites for hydroxylation is 1. The number of anilines is 1. The third-order valence-corrected chi connectivity index (χ3v) is 3.46. The summed E-state index contributed by atoms with van der Waals surface area (Å²) in [7, 11) is 0. The maximum atomic E-state index is 11.8. The Balaban J connectivity index is 1.81. The van der Waals surface area contributed by atoms with Gasteiger partial charge in [0.25, 0.3) is 0 Å². The molecule has 110 valence electrons. The monoisotopic (exact) mass is 280 g/mol. The molecule has 0 radical (unpaired) electrons. The van der Waals surface area contributed by atoms with Gasteiger partial charge in [0, 0.05) is 19.0 Å². The predicted molar refractivity (Wildman–Crippen MR) is 72.9 cm³/mol. The molecular weight excluding hydrogens is 260 g/mol. The third kappa shape index (κ3) is 3.80. The maximum Gasteiger partial charge on any atom is 0.234 e. The van der Waals surface area contributed by atoms with Crippen LogP contribution in [0.15, 0.2) is 10.6 Å². The smallest absolute Gasteiger partial charge is 0.234 e. The number of rotatable bonds is 5. The predicted octanol–water partition coefficient (Wildman–Crippen LogP) is 0.651. The lowest BCUT2D eigenvalue weighted by atomic mass is 10.0. The number of hydrogen-bond donors (Lipinski definition) is 2. The molecule has 1 aromatic heterocycles. The fourth-order valence-electron chi connectivity index (χ4n) is 2.46. The molecular formula is C13H20N4O3. The lowest BCUT2D eigenvalue weighted by molar-refractivity contribution is -0.125. The Morgan fingerprint density at radius 3 is 3.00 bits per heavy atom. The summed E-state index contributed by atoms with van der Waals surface area (Å²) in [4.78, 5) is 25.2. The van der Waals surface area contributed by atoms with E-state index in [0.29, 0.717) is 24.5 Å². The Morgan fingerprint density at radius 1 is 1.55 bits per heavy atom. The Labute approximate surface area is 117 Å². The van der Waals surface area contributed by atoms with E-state index in [4.69, 9.17) is 10.3 Å². The third-order valence-electron chi connectivity index (χ3n) is 3.46. The number of nitrogens with one attached hydrogen (secondary N) is 1. The molecule has 2 amide bonds. The maximum absolute atomic E-state index is 11.8. The molecule has 0 bridgehead atoms. The number of primary amides is 1. The van der Waals surface area contributed by atoms with E-state index in [1.165, 1.54) is 0 Å². The normalized spacial score (nSPS) is 19.8. The lowest BCUT2D eigenvalue weighted by Crippen LogP contribution is -2.48. The van der Waals surface area contributed by atoms with Crippen molar-refractivity contribution in [1.29, 1.82) is 0 Å². The van der Waals surface area contributed by atoms with Crippen LogP contribution in [-0.4, -0.2) is 41.0 Å². The van der Waals surface area contributed by atoms with Crippen LogP contribution in [0, 0.1) is 6.92 Å². The fourth-order valence-corrected chi connectivity index (χ4v) is 2.46. The molecule has 1 atom stereocenters. The molecule has 0 aliphatic carbocycles. The number of likely N-dealkylation sites (tertiary alicyclic amines) is 1. The van der Waals surface area contributed by atoms with Crippen LogP contribution in [0.25, 0.3) is 0 Å². The fraction of sp³-hybridized carbons (Fsp3) is 0.615. The van der Waals surface area contributed by atoms with Crippen LogP contribution in [-0.2, 0) is 9.59 Å². The molecule has 0 saturated carbocycles. The van der Waals surface area contributed by atoms with E-state index in [9.17, 15) is 9.59 Å². The molecule has 20 heavy (non-hydrogen) atoms. The molecule has 1 unspecified atom stereocenters. The van der Waals surface area contributed by atoms with Gasteiger partial charge in [-0.1, -0.05) is 11.6 Å². The molecule has 7 nitrogen and oxygen atoms in total. The second kappa shape index (κ2) is 6.51. The zero-order chi connectivity index (χ0) is 14.5. The van der Waals surface area contributed by atoms with Crippen LogP contribution >= 0.6 is 0 Å². The summed E-state index contributed by atoms with van der Waals surface area (Å²) in [6, 6.07) is 1.41. The summed E-state index contributed by atoms with van der Waals surface area (Å²) in [6.45, 7) is 3.09. The molecule has 1 aliphatic rings. The van der Waals surface area contributed by atoms with Crippen LogP contribution < -0.4 is 11.1 Å². The summed E-state index contributed by atoms with van der Waals surface area (Å²) in [5, 5.41) is 6.36. The minimum absolute atomic E-state index is 0.146. The van der Waals surface area contributed by atoms with Gasteiger partial charge in [-0.15, -0.1) is 0 Å². The highest BCUT2D eigenvalue weighted by molar-refractivity contribution is 5.89. The van der Waals surface area contributed by atoms with Crippen LogP contribution in [0.1, 0.15) is 31.4 Å². The molecule has 7 heteroatoms. The van der Waals surface area contributed by atoms with Crippen molar-refractivity contribution in [3.63, 3.8) is 0 Å². The van der Waals surface area contributed by atoms with Gasteiger partial charge in [-0.3, -0.25) is 14.5 Å². The Bertz CT molecular complexity index is 486. The van der Waals surface area contributed by atoms with Crippen LogP contribution in [0.2, 0.25) is 0 Å². The van der Waals surface area contributed by atoms with Gasteiger partial charge in [-0.2, -0.15) is 0 Å². The van der Waals surface area contributed by atoms with Crippen molar-refractivity contribution in [2.45, 2.75) is 38.6 Å². The Hall–Kier alpha value is -1.89. The molecule has 1 aromatic rings. The number of carbonyl (C=O) groups is 2. The molecule has 1 aliphatic heterocycles. The first kappa shape index (κ1) is 14.5. The second-order valence-corrected chi connectivity index (χ2v) is 5.07. The quantitative estimate of drug-likeness (QED) is 0.824. The Kier molecular flexibility index (Phi) is 4.73.